The minimum atomic E-state index is -0.268. The van der Waals surface area contributed by atoms with Crippen LogP contribution in [0.1, 0.15) is 32.3 Å². The zero-order valence-electron chi connectivity index (χ0n) is 17.1. The van der Waals surface area contributed by atoms with Crippen molar-refractivity contribution in [2.45, 2.75) is 38.9 Å². The number of piperidine rings is 1. The monoisotopic (exact) mass is 411 g/mol. The number of pyridine rings is 1. The van der Waals surface area contributed by atoms with Gasteiger partial charge in [-0.25, -0.2) is 0 Å². The van der Waals surface area contributed by atoms with Crippen molar-refractivity contribution in [2.24, 2.45) is 0 Å². The zero-order valence-corrected chi connectivity index (χ0v) is 17.9. The summed E-state index contributed by atoms with van der Waals surface area (Å²) in [7, 11) is 0. The van der Waals surface area contributed by atoms with Crippen LogP contribution in [-0.2, 0) is 11.3 Å². The third-order valence-electron chi connectivity index (χ3n) is 5.38. The van der Waals surface area contributed by atoms with Gasteiger partial charge in [-0.3, -0.25) is 15.1 Å². The second-order valence-electron chi connectivity index (χ2n) is 7.00. The van der Waals surface area contributed by atoms with Crippen molar-refractivity contribution in [3.05, 3.63) is 60.4 Å². The molecule has 0 unspecified atom stereocenters. The number of carbonyl (C=O) groups excluding carboxylic acids is 1. The highest BCUT2D eigenvalue weighted by molar-refractivity contribution is 7.80. The van der Waals surface area contributed by atoms with E-state index >= 15 is 0 Å². The maximum Gasteiger partial charge on any atom is 0.238 e. The summed E-state index contributed by atoms with van der Waals surface area (Å²) in [6, 6.07) is 14.0. The van der Waals surface area contributed by atoms with Crippen LogP contribution < -0.4 is 10.6 Å². The molecule has 2 aliphatic heterocycles. The number of nitrogens with zero attached hydrogens (tertiary/aromatic N) is 3. The van der Waals surface area contributed by atoms with Gasteiger partial charge in [-0.2, -0.15) is 0 Å². The summed E-state index contributed by atoms with van der Waals surface area (Å²) < 4.78 is 0. The number of benzene rings is 1. The first-order valence-corrected chi connectivity index (χ1v) is 10.6. The van der Waals surface area contributed by atoms with Gasteiger partial charge in [0.05, 0.1) is 12.2 Å². The summed E-state index contributed by atoms with van der Waals surface area (Å²) in [6.07, 6.45) is 5.19. The number of hydrogen-bond acceptors (Lipinski definition) is 4. The molecule has 0 atom stereocenters. The third kappa shape index (κ3) is 4.92. The SMILES string of the molecule is CC.O=C1CNC2(CCN(C(=S)Nc3ccncc3)CC2)N1Cc1ccccc1. The third-order valence-corrected chi connectivity index (χ3v) is 5.74. The summed E-state index contributed by atoms with van der Waals surface area (Å²) in [5, 5.41) is 7.46. The molecule has 0 bridgehead atoms. The Morgan fingerprint density at radius 1 is 1.14 bits per heavy atom. The van der Waals surface area contributed by atoms with Crippen LogP contribution in [0.3, 0.4) is 0 Å². The first-order chi connectivity index (χ1) is 14.2. The highest BCUT2D eigenvalue weighted by Gasteiger charge is 2.46. The van der Waals surface area contributed by atoms with Crippen molar-refractivity contribution in [1.82, 2.24) is 20.1 Å². The van der Waals surface area contributed by atoms with Gasteiger partial charge >= 0.3 is 0 Å². The first-order valence-electron chi connectivity index (χ1n) is 10.2. The number of amides is 1. The van der Waals surface area contributed by atoms with Crippen LogP contribution >= 0.6 is 12.2 Å². The molecule has 0 radical (unpaired) electrons. The lowest BCUT2D eigenvalue weighted by molar-refractivity contribution is -0.132. The Bertz CT molecular complexity index is 806. The topological polar surface area (TPSA) is 60.5 Å². The molecule has 3 heterocycles. The molecule has 154 valence electrons. The van der Waals surface area contributed by atoms with Crippen molar-refractivity contribution < 1.29 is 4.79 Å². The van der Waals surface area contributed by atoms with Crippen molar-refractivity contribution in [3.63, 3.8) is 0 Å². The Balaban J connectivity index is 0.00000117. The average molecular weight is 412 g/mol. The lowest BCUT2D eigenvalue weighted by Gasteiger charge is -2.45. The minimum absolute atomic E-state index is 0.171. The Labute approximate surface area is 178 Å². The van der Waals surface area contributed by atoms with Crippen LogP contribution in [0.4, 0.5) is 5.69 Å². The summed E-state index contributed by atoms with van der Waals surface area (Å²) in [6.45, 7) is 6.67. The molecule has 2 aromatic rings. The summed E-state index contributed by atoms with van der Waals surface area (Å²) in [5.41, 5.74) is 1.83. The van der Waals surface area contributed by atoms with Gasteiger partial charge < -0.3 is 15.1 Å². The van der Waals surface area contributed by atoms with Gasteiger partial charge in [0, 0.05) is 50.6 Å². The Morgan fingerprint density at radius 2 is 1.79 bits per heavy atom. The van der Waals surface area contributed by atoms with Gasteiger partial charge in [0.2, 0.25) is 5.91 Å². The van der Waals surface area contributed by atoms with Crippen LogP contribution in [0.25, 0.3) is 0 Å². The molecule has 29 heavy (non-hydrogen) atoms. The minimum Gasteiger partial charge on any atom is -0.349 e. The predicted molar refractivity (Wildman–Crippen MR) is 120 cm³/mol. The molecule has 0 saturated carbocycles. The molecular weight excluding hydrogens is 382 g/mol. The van der Waals surface area contributed by atoms with Crippen molar-refractivity contribution in [2.75, 3.05) is 25.0 Å². The van der Waals surface area contributed by atoms with Crippen molar-refractivity contribution >= 4 is 28.9 Å². The van der Waals surface area contributed by atoms with Crippen LogP contribution in [0.15, 0.2) is 54.9 Å². The number of thiocarbonyl (C=S) groups is 1. The van der Waals surface area contributed by atoms with Crippen LogP contribution in [-0.4, -0.2) is 51.1 Å². The second-order valence-corrected chi connectivity index (χ2v) is 7.39. The summed E-state index contributed by atoms with van der Waals surface area (Å²) in [5.74, 6) is 0.171. The van der Waals surface area contributed by atoms with E-state index in [1.807, 2.05) is 49.1 Å². The Hall–Kier alpha value is -2.51. The second kappa shape index (κ2) is 9.80. The van der Waals surface area contributed by atoms with E-state index < -0.39 is 0 Å². The van der Waals surface area contributed by atoms with Crippen LogP contribution in [0.2, 0.25) is 0 Å². The van der Waals surface area contributed by atoms with Gasteiger partial charge in [-0.05, 0) is 29.9 Å². The molecular formula is C22H29N5OS. The largest absolute Gasteiger partial charge is 0.349 e. The normalized spacial score (nSPS) is 17.7. The van der Waals surface area contributed by atoms with Gasteiger partial charge in [0.15, 0.2) is 5.11 Å². The number of anilines is 1. The fraction of sp³-hybridized carbons (Fsp3) is 0.409. The lowest BCUT2D eigenvalue weighted by atomic mass is 9.95. The fourth-order valence-electron chi connectivity index (χ4n) is 3.84. The van der Waals surface area contributed by atoms with E-state index in [4.69, 9.17) is 12.2 Å². The van der Waals surface area contributed by atoms with E-state index in [-0.39, 0.29) is 11.6 Å². The highest BCUT2D eigenvalue weighted by Crippen LogP contribution is 2.31. The van der Waals surface area contributed by atoms with Crippen LogP contribution in [0, 0.1) is 0 Å². The molecule has 6 nitrogen and oxygen atoms in total. The predicted octanol–water partition coefficient (Wildman–Crippen LogP) is 3.23. The number of aromatic nitrogens is 1. The zero-order chi connectivity index (χ0) is 20.7. The van der Waals surface area contributed by atoms with Gasteiger partial charge in [-0.15, -0.1) is 0 Å². The maximum atomic E-state index is 12.5. The van der Waals surface area contributed by atoms with Gasteiger partial charge in [0.1, 0.15) is 0 Å². The number of nitrogens with one attached hydrogen (secondary N) is 2. The van der Waals surface area contributed by atoms with E-state index in [9.17, 15) is 4.79 Å². The molecule has 4 rings (SSSR count). The molecule has 1 aromatic heterocycles. The van der Waals surface area contributed by atoms with Crippen molar-refractivity contribution in [1.29, 1.82) is 0 Å². The molecule has 7 heteroatoms. The molecule has 2 fully saturated rings. The summed E-state index contributed by atoms with van der Waals surface area (Å²) in [4.78, 5) is 20.7. The molecule has 1 aromatic carbocycles. The number of carbonyl (C=O) groups is 1. The molecule has 1 spiro atoms. The molecule has 2 N–H and O–H groups in total. The van der Waals surface area contributed by atoms with E-state index in [2.05, 4.69) is 32.7 Å². The Kier molecular flexibility index (Phi) is 7.17. The van der Waals surface area contributed by atoms with Gasteiger partial charge in [-0.1, -0.05) is 44.2 Å². The smallest absolute Gasteiger partial charge is 0.238 e. The van der Waals surface area contributed by atoms with Gasteiger partial charge in [0.25, 0.3) is 0 Å². The first kappa shape index (κ1) is 21.2. The number of likely N-dealkylation sites (tertiary alicyclic amines) is 1. The lowest BCUT2D eigenvalue weighted by Crippen LogP contribution is -2.59. The fourth-order valence-corrected chi connectivity index (χ4v) is 4.14. The average Bonchev–Trinajstić information content (AvgIpc) is 3.07. The van der Waals surface area contributed by atoms with E-state index in [0.29, 0.717) is 13.1 Å². The maximum absolute atomic E-state index is 12.5. The standard InChI is InChI=1S/C20H23N5OS.C2H6/c26-18-14-22-20(25(18)15-16-4-2-1-3-5-16)8-12-24(13-9-20)19(27)23-17-6-10-21-11-7-17;1-2/h1-7,10-11,22H,8-9,12-15H2,(H,21,23,27);1-2H3. The van der Waals surface area contributed by atoms with Crippen LogP contribution in [0.5, 0.6) is 0 Å². The summed E-state index contributed by atoms with van der Waals surface area (Å²) >= 11 is 5.57. The molecule has 1 amide bonds. The molecule has 2 saturated heterocycles. The molecule has 2 aliphatic rings. The molecule has 0 aliphatic carbocycles. The quantitative estimate of drug-likeness (QED) is 0.757. The van der Waals surface area contributed by atoms with Crippen molar-refractivity contribution in [3.8, 4) is 0 Å². The number of rotatable bonds is 3. The number of hydrogen-bond donors (Lipinski definition) is 2. The van der Waals surface area contributed by atoms with E-state index in [0.717, 1.165) is 42.3 Å². The highest BCUT2D eigenvalue weighted by atomic mass is 32.1. The van der Waals surface area contributed by atoms with E-state index in [1.54, 1.807) is 12.4 Å². The Morgan fingerprint density at radius 3 is 2.45 bits per heavy atom. The van der Waals surface area contributed by atoms with E-state index in [1.165, 1.54) is 0 Å².